The van der Waals surface area contributed by atoms with E-state index in [-0.39, 0.29) is 37.1 Å². The normalized spacial score (nSPS) is 18.0. The third-order valence-electron chi connectivity index (χ3n) is 3.43. The van der Waals surface area contributed by atoms with Crippen molar-refractivity contribution in [1.82, 2.24) is 5.16 Å². The lowest BCUT2D eigenvalue weighted by Gasteiger charge is -2.17. The lowest BCUT2D eigenvalue weighted by molar-refractivity contribution is 0.111. The lowest BCUT2D eigenvalue weighted by Crippen LogP contribution is -2.34. The Balaban J connectivity index is 2.17. The number of fused-ring (bicyclic) bond motifs is 1. The Morgan fingerprint density at radius 2 is 2.23 bits per heavy atom. The molecule has 3 rings (SSSR count). The summed E-state index contributed by atoms with van der Waals surface area (Å²) < 4.78 is 37.0. The van der Waals surface area contributed by atoms with Crippen molar-refractivity contribution in [3.05, 3.63) is 23.3 Å². The van der Waals surface area contributed by atoms with Crippen molar-refractivity contribution in [2.75, 3.05) is 18.1 Å². The van der Waals surface area contributed by atoms with Crippen molar-refractivity contribution in [3.63, 3.8) is 0 Å². The molecule has 1 aliphatic rings. The van der Waals surface area contributed by atoms with Crippen LogP contribution in [0.4, 0.5) is 19.4 Å². The van der Waals surface area contributed by atoms with Gasteiger partial charge in [0.05, 0.1) is 17.0 Å². The molecule has 2 heterocycles. The number of aliphatic hydroxyl groups excluding tert-OH is 1. The van der Waals surface area contributed by atoms with Crippen molar-refractivity contribution < 1.29 is 32.7 Å². The number of carbonyl (C=O) groups excluding carboxylic acids is 2. The van der Waals surface area contributed by atoms with Crippen molar-refractivity contribution in [3.8, 4) is 0 Å². The molecule has 1 aliphatic heterocycles. The van der Waals surface area contributed by atoms with Gasteiger partial charge in [-0.2, -0.15) is 4.39 Å². The van der Waals surface area contributed by atoms with Crippen LogP contribution in [0.2, 0.25) is 0 Å². The molecule has 1 saturated heterocycles. The van der Waals surface area contributed by atoms with Crippen molar-refractivity contribution in [2.45, 2.75) is 12.5 Å². The molecule has 1 N–H and O–H groups in total. The van der Waals surface area contributed by atoms with Crippen LogP contribution < -0.4 is 4.90 Å². The second kappa shape index (κ2) is 5.34. The van der Waals surface area contributed by atoms with Crippen LogP contribution in [0.3, 0.4) is 0 Å². The highest BCUT2D eigenvalue weighted by Gasteiger charge is 2.37. The molecule has 9 heteroatoms. The maximum atomic E-state index is 13.8. The molecule has 1 unspecified atom stereocenters. The third-order valence-corrected chi connectivity index (χ3v) is 3.43. The van der Waals surface area contributed by atoms with E-state index in [2.05, 4.69) is 5.16 Å². The number of ether oxygens (including phenoxy) is 1. The van der Waals surface area contributed by atoms with Crippen molar-refractivity contribution in [2.24, 2.45) is 0 Å². The summed E-state index contributed by atoms with van der Waals surface area (Å²) >= 11 is 0. The molecule has 1 fully saturated rings. The van der Waals surface area contributed by atoms with Crippen LogP contribution in [0.25, 0.3) is 11.0 Å². The number of cyclic esters (lactones) is 1. The highest BCUT2D eigenvalue weighted by atomic mass is 19.2. The molecule has 1 aromatic carbocycles. The number of rotatable bonds is 4. The Kier molecular flexibility index (Phi) is 3.49. The minimum atomic E-state index is -1.36. The van der Waals surface area contributed by atoms with Crippen LogP contribution in [0.5, 0.6) is 0 Å². The van der Waals surface area contributed by atoms with E-state index in [1.54, 1.807) is 0 Å². The van der Waals surface area contributed by atoms with Crippen LogP contribution >= 0.6 is 0 Å². The molecule has 7 nitrogen and oxygen atoms in total. The monoisotopic (exact) mass is 312 g/mol. The van der Waals surface area contributed by atoms with Crippen LogP contribution in [0, 0.1) is 11.6 Å². The number of nitrogens with zero attached hydrogens (tertiary/aromatic N) is 2. The van der Waals surface area contributed by atoms with E-state index in [1.165, 1.54) is 0 Å². The maximum absolute atomic E-state index is 13.8. The molecule has 0 radical (unpaired) electrons. The van der Waals surface area contributed by atoms with E-state index in [9.17, 15) is 18.4 Å². The standard InChI is InChI=1S/C13H10F2N2O5/c14-9-6(4-19)3-8-11(10(9)15)22-16-12(8)17-7(1-2-18)5-21-13(17)20/h3-4,7,18H,1-2,5H2. The Morgan fingerprint density at radius 1 is 1.45 bits per heavy atom. The fourth-order valence-electron chi connectivity index (χ4n) is 2.36. The van der Waals surface area contributed by atoms with Crippen LogP contribution in [0.15, 0.2) is 10.6 Å². The number of anilines is 1. The van der Waals surface area contributed by atoms with Gasteiger partial charge in [0.25, 0.3) is 0 Å². The first kappa shape index (κ1) is 14.4. The molecule has 1 amide bonds. The number of carbonyl (C=O) groups is 2. The number of halogens is 2. The van der Waals surface area contributed by atoms with Gasteiger partial charge in [-0.1, -0.05) is 5.16 Å². The maximum Gasteiger partial charge on any atom is 0.416 e. The molecule has 0 bridgehead atoms. The van der Waals surface area contributed by atoms with Crippen LogP contribution in [-0.2, 0) is 4.74 Å². The first-order valence-electron chi connectivity index (χ1n) is 6.38. The topological polar surface area (TPSA) is 92.9 Å². The third kappa shape index (κ3) is 2.01. The quantitative estimate of drug-likeness (QED) is 0.863. The zero-order valence-corrected chi connectivity index (χ0v) is 11.1. The number of hydrogen-bond donors (Lipinski definition) is 1. The van der Waals surface area contributed by atoms with Gasteiger partial charge in [0.2, 0.25) is 11.4 Å². The summed E-state index contributed by atoms with van der Waals surface area (Å²) in [5.74, 6) is -2.79. The molecule has 116 valence electrons. The Bertz CT molecular complexity index is 760. The summed E-state index contributed by atoms with van der Waals surface area (Å²) in [6, 6.07) is 0.535. The summed E-state index contributed by atoms with van der Waals surface area (Å²) in [7, 11) is 0. The highest BCUT2D eigenvalue weighted by Crippen LogP contribution is 2.34. The van der Waals surface area contributed by atoms with Gasteiger partial charge in [0, 0.05) is 6.61 Å². The zero-order valence-electron chi connectivity index (χ0n) is 11.1. The summed E-state index contributed by atoms with van der Waals surface area (Å²) in [5, 5.41) is 12.6. The van der Waals surface area contributed by atoms with E-state index >= 15 is 0 Å². The number of aldehydes is 1. The minimum absolute atomic E-state index is 0.0252. The van der Waals surface area contributed by atoms with Crippen LogP contribution in [-0.4, -0.2) is 41.9 Å². The number of benzene rings is 1. The molecular weight excluding hydrogens is 302 g/mol. The molecular formula is C13H10F2N2O5. The van der Waals surface area contributed by atoms with E-state index in [0.29, 0.717) is 0 Å². The van der Waals surface area contributed by atoms with E-state index in [4.69, 9.17) is 14.4 Å². The van der Waals surface area contributed by atoms with Gasteiger partial charge >= 0.3 is 6.09 Å². The van der Waals surface area contributed by atoms with Gasteiger partial charge < -0.3 is 14.4 Å². The summed E-state index contributed by atoms with van der Waals surface area (Å²) in [6.45, 7) is -0.172. The van der Waals surface area contributed by atoms with Gasteiger partial charge in [0.1, 0.15) is 6.61 Å². The first-order chi connectivity index (χ1) is 10.6. The fraction of sp³-hybridized carbons (Fsp3) is 0.308. The number of aromatic nitrogens is 1. The fourth-order valence-corrected chi connectivity index (χ4v) is 2.36. The summed E-state index contributed by atoms with van der Waals surface area (Å²) in [4.78, 5) is 23.7. The van der Waals surface area contributed by atoms with Gasteiger partial charge in [0.15, 0.2) is 17.9 Å². The van der Waals surface area contributed by atoms with Crippen molar-refractivity contribution in [1.29, 1.82) is 0 Å². The Hall–Kier alpha value is -2.55. The summed E-state index contributed by atoms with van der Waals surface area (Å²) in [6.07, 6.45) is -0.377. The predicted molar refractivity (Wildman–Crippen MR) is 68.6 cm³/mol. The average molecular weight is 312 g/mol. The number of hydrogen-bond acceptors (Lipinski definition) is 6. The molecule has 22 heavy (non-hydrogen) atoms. The first-order valence-corrected chi connectivity index (χ1v) is 6.38. The van der Waals surface area contributed by atoms with Gasteiger partial charge in [-0.05, 0) is 12.5 Å². The lowest BCUT2D eigenvalue weighted by atomic mass is 10.1. The smallest absolute Gasteiger partial charge is 0.416 e. The predicted octanol–water partition coefficient (Wildman–Crippen LogP) is 1.63. The second-order valence-corrected chi connectivity index (χ2v) is 4.71. The molecule has 1 atom stereocenters. The Labute approximate surface area is 122 Å². The number of amides is 1. The SMILES string of the molecule is O=Cc1cc2c(N3C(=O)OCC3CCO)noc2c(F)c1F. The molecule has 0 aliphatic carbocycles. The minimum Gasteiger partial charge on any atom is -0.447 e. The second-order valence-electron chi connectivity index (χ2n) is 4.71. The molecule has 0 saturated carbocycles. The average Bonchev–Trinajstić information content (AvgIpc) is 3.07. The Morgan fingerprint density at radius 3 is 2.91 bits per heavy atom. The summed E-state index contributed by atoms with van der Waals surface area (Å²) in [5.41, 5.74) is -1.01. The number of aliphatic hydroxyl groups is 1. The van der Waals surface area contributed by atoms with Crippen molar-refractivity contribution >= 4 is 29.2 Å². The molecule has 1 aromatic heterocycles. The largest absolute Gasteiger partial charge is 0.447 e. The zero-order chi connectivity index (χ0) is 15.9. The van der Waals surface area contributed by atoms with E-state index < -0.39 is 34.9 Å². The highest BCUT2D eigenvalue weighted by molar-refractivity contribution is 6.01. The molecule has 2 aromatic rings. The molecule has 0 spiro atoms. The van der Waals surface area contributed by atoms with Gasteiger partial charge in [-0.3, -0.25) is 9.69 Å². The van der Waals surface area contributed by atoms with Crippen LogP contribution in [0.1, 0.15) is 16.8 Å². The van der Waals surface area contributed by atoms with Gasteiger partial charge in [-0.25, -0.2) is 9.18 Å². The van der Waals surface area contributed by atoms with E-state index in [1.807, 2.05) is 0 Å². The van der Waals surface area contributed by atoms with Gasteiger partial charge in [-0.15, -0.1) is 0 Å². The van der Waals surface area contributed by atoms with E-state index in [0.717, 1.165) is 11.0 Å².